The normalized spacial score (nSPS) is 22.3. The Kier molecular flexibility index (Phi) is 5.10. The lowest BCUT2D eigenvalue weighted by molar-refractivity contribution is -0.134. The van der Waals surface area contributed by atoms with E-state index in [0.717, 1.165) is 56.9 Å². The second kappa shape index (κ2) is 7.25. The van der Waals surface area contributed by atoms with Crippen LogP contribution in [0.4, 0.5) is 5.82 Å². The third-order valence-electron chi connectivity index (χ3n) is 4.94. The highest BCUT2D eigenvalue weighted by Gasteiger charge is 2.28. The molecule has 0 saturated carbocycles. The highest BCUT2D eigenvalue weighted by molar-refractivity contribution is 5.76. The largest absolute Gasteiger partial charge is 0.378 e. The average molecular weight is 318 g/mol. The van der Waals surface area contributed by atoms with Gasteiger partial charge in [0.05, 0.1) is 18.2 Å². The molecule has 0 bridgehead atoms. The van der Waals surface area contributed by atoms with Crippen LogP contribution in [-0.2, 0) is 9.53 Å². The molecule has 1 amide bonds. The number of piperidine rings is 1. The molecule has 0 unspecified atom stereocenters. The summed E-state index contributed by atoms with van der Waals surface area (Å²) in [7, 11) is 2.06. The Bertz CT molecular complexity index is 520. The predicted octanol–water partition coefficient (Wildman–Crippen LogP) is 1.78. The minimum atomic E-state index is 0.144. The van der Waals surface area contributed by atoms with Crippen molar-refractivity contribution in [3.63, 3.8) is 0 Å². The van der Waals surface area contributed by atoms with Crippen molar-refractivity contribution in [3.8, 4) is 0 Å². The number of hydrogen-bond donors (Lipinski definition) is 0. The molecular weight excluding hydrogens is 292 g/mol. The number of anilines is 1. The number of aryl methyl sites for hydroxylation is 1. The number of carbonyl (C=O) groups is 1. The second-order valence-electron chi connectivity index (χ2n) is 6.59. The summed E-state index contributed by atoms with van der Waals surface area (Å²) >= 11 is 0. The molecule has 0 spiro atoms. The van der Waals surface area contributed by atoms with E-state index in [2.05, 4.69) is 22.1 Å². The summed E-state index contributed by atoms with van der Waals surface area (Å²) in [5.74, 6) is 1.15. The van der Waals surface area contributed by atoms with Gasteiger partial charge in [0.15, 0.2) is 5.82 Å². The summed E-state index contributed by atoms with van der Waals surface area (Å²) < 4.78 is 5.57. The summed E-state index contributed by atoms with van der Waals surface area (Å²) in [5, 5.41) is 8.38. The molecule has 1 aromatic rings. The number of ether oxygens (including phenoxy) is 1. The Hall–Kier alpha value is -1.69. The van der Waals surface area contributed by atoms with Crippen LogP contribution < -0.4 is 4.90 Å². The first-order chi connectivity index (χ1) is 11.1. The molecular formula is C17H26N4O2. The lowest BCUT2D eigenvalue weighted by Gasteiger charge is -2.37. The highest BCUT2D eigenvalue weighted by atomic mass is 16.5. The number of aromatic nitrogens is 2. The van der Waals surface area contributed by atoms with Gasteiger partial charge in [-0.3, -0.25) is 4.79 Å². The van der Waals surface area contributed by atoms with Crippen molar-refractivity contribution in [1.29, 1.82) is 0 Å². The van der Waals surface area contributed by atoms with E-state index < -0.39 is 0 Å². The van der Waals surface area contributed by atoms with Crippen LogP contribution in [0, 0.1) is 6.92 Å². The first kappa shape index (κ1) is 16.2. The van der Waals surface area contributed by atoms with Crippen LogP contribution >= 0.6 is 0 Å². The van der Waals surface area contributed by atoms with E-state index in [-0.39, 0.29) is 12.0 Å². The van der Waals surface area contributed by atoms with Gasteiger partial charge in [-0.1, -0.05) is 0 Å². The zero-order valence-corrected chi connectivity index (χ0v) is 14.1. The number of carbonyl (C=O) groups excluding carboxylic acids is 1. The van der Waals surface area contributed by atoms with Gasteiger partial charge in [0.1, 0.15) is 0 Å². The fourth-order valence-corrected chi connectivity index (χ4v) is 3.40. The van der Waals surface area contributed by atoms with Crippen LogP contribution in [0.1, 0.15) is 37.8 Å². The lowest BCUT2D eigenvalue weighted by atomic mass is 10.0. The number of hydrogen-bond acceptors (Lipinski definition) is 5. The van der Waals surface area contributed by atoms with Gasteiger partial charge in [-0.05, 0) is 44.7 Å². The third-order valence-corrected chi connectivity index (χ3v) is 4.94. The summed E-state index contributed by atoms with van der Waals surface area (Å²) in [4.78, 5) is 16.5. The summed E-state index contributed by atoms with van der Waals surface area (Å²) in [6, 6.07) is 4.41. The molecule has 0 radical (unpaired) electrons. The Labute approximate surface area is 137 Å². The molecule has 6 heteroatoms. The molecule has 3 rings (SSSR count). The molecule has 0 aliphatic carbocycles. The third kappa shape index (κ3) is 3.99. The molecule has 0 aromatic carbocycles. The molecule has 1 aromatic heterocycles. The molecule has 2 aliphatic heterocycles. The van der Waals surface area contributed by atoms with Gasteiger partial charge in [0, 0.05) is 32.8 Å². The van der Waals surface area contributed by atoms with Gasteiger partial charge in [-0.15, -0.1) is 5.10 Å². The van der Waals surface area contributed by atoms with E-state index in [4.69, 9.17) is 4.74 Å². The maximum absolute atomic E-state index is 12.3. The van der Waals surface area contributed by atoms with Crippen LogP contribution in [0.2, 0.25) is 0 Å². The lowest BCUT2D eigenvalue weighted by Crippen LogP contribution is -2.46. The topological polar surface area (TPSA) is 58.6 Å². The van der Waals surface area contributed by atoms with Crippen LogP contribution in [-0.4, -0.2) is 59.9 Å². The Morgan fingerprint density at radius 1 is 1.30 bits per heavy atom. The van der Waals surface area contributed by atoms with E-state index >= 15 is 0 Å². The maximum Gasteiger partial charge on any atom is 0.225 e. The van der Waals surface area contributed by atoms with Crippen LogP contribution in [0.5, 0.6) is 0 Å². The minimum absolute atomic E-state index is 0.144. The van der Waals surface area contributed by atoms with Gasteiger partial charge in [-0.2, -0.15) is 5.10 Å². The maximum atomic E-state index is 12.3. The van der Waals surface area contributed by atoms with Crippen molar-refractivity contribution >= 4 is 11.7 Å². The first-order valence-electron chi connectivity index (χ1n) is 8.56. The van der Waals surface area contributed by atoms with Crippen molar-refractivity contribution in [2.24, 2.45) is 0 Å². The summed E-state index contributed by atoms with van der Waals surface area (Å²) in [6.07, 6.45) is 4.75. The summed E-state index contributed by atoms with van der Waals surface area (Å²) in [5.41, 5.74) is 0.927. The van der Waals surface area contributed by atoms with Gasteiger partial charge in [0.2, 0.25) is 5.91 Å². The number of amides is 1. The van der Waals surface area contributed by atoms with Crippen LogP contribution in [0.25, 0.3) is 0 Å². The predicted molar refractivity (Wildman–Crippen MR) is 88.4 cm³/mol. The zero-order chi connectivity index (χ0) is 16.2. The first-order valence-corrected chi connectivity index (χ1v) is 8.56. The van der Waals surface area contributed by atoms with Crippen molar-refractivity contribution in [2.45, 2.75) is 51.2 Å². The second-order valence-corrected chi connectivity index (χ2v) is 6.59. The monoisotopic (exact) mass is 318 g/mol. The van der Waals surface area contributed by atoms with E-state index in [9.17, 15) is 4.79 Å². The van der Waals surface area contributed by atoms with Crippen molar-refractivity contribution < 1.29 is 9.53 Å². The van der Waals surface area contributed by atoms with E-state index in [1.165, 1.54) is 0 Å². The van der Waals surface area contributed by atoms with Crippen LogP contribution in [0.15, 0.2) is 12.1 Å². The van der Waals surface area contributed by atoms with Crippen molar-refractivity contribution in [1.82, 2.24) is 15.1 Å². The molecule has 2 aliphatic rings. The number of likely N-dealkylation sites (tertiary alicyclic amines) is 1. The smallest absolute Gasteiger partial charge is 0.225 e. The number of nitrogens with zero attached hydrogens (tertiary/aromatic N) is 4. The highest BCUT2D eigenvalue weighted by Crippen LogP contribution is 2.22. The molecule has 6 nitrogen and oxygen atoms in total. The van der Waals surface area contributed by atoms with Crippen molar-refractivity contribution in [2.75, 3.05) is 31.6 Å². The minimum Gasteiger partial charge on any atom is -0.378 e. The average Bonchev–Trinajstić information content (AvgIpc) is 3.08. The fraction of sp³-hybridized carbons (Fsp3) is 0.706. The van der Waals surface area contributed by atoms with Gasteiger partial charge in [0.25, 0.3) is 0 Å². The molecule has 2 fully saturated rings. The van der Waals surface area contributed by atoms with Gasteiger partial charge < -0.3 is 14.5 Å². The van der Waals surface area contributed by atoms with E-state index in [1.54, 1.807) is 0 Å². The van der Waals surface area contributed by atoms with Gasteiger partial charge >= 0.3 is 0 Å². The molecule has 2 saturated heterocycles. The van der Waals surface area contributed by atoms with E-state index in [1.807, 2.05) is 24.0 Å². The Morgan fingerprint density at radius 2 is 2.09 bits per heavy atom. The fourth-order valence-electron chi connectivity index (χ4n) is 3.40. The summed E-state index contributed by atoms with van der Waals surface area (Å²) in [6.45, 7) is 4.39. The Morgan fingerprint density at radius 3 is 2.70 bits per heavy atom. The molecule has 126 valence electrons. The molecule has 0 N–H and O–H groups in total. The van der Waals surface area contributed by atoms with E-state index in [0.29, 0.717) is 12.5 Å². The molecule has 23 heavy (non-hydrogen) atoms. The van der Waals surface area contributed by atoms with Crippen molar-refractivity contribution in [3.05, 3.63) is 17.8 Å². The molecule has 3 heterocycles. The zero-order valence-electron chi connectivity index (χ0n) is 14.1. The van der Waals surface area contributed by atoms with Crippen LogP contribution in [0.3, 0.4) is 0 Å². The quantitative estimate of drug-likeness (QED) is 0.847. The molecule has 1 atom stereocenters. The number of rotatable bonds is 4. The Balaban J connectivity index is 1.49. The standard InChI is InChI=1S/C17H26N4O2/c1-13-5-6-16(19-18-13)20(2)14-7-9-21(10-8-14)17(22)12-15-4-3-11-23-15/h5-6,14-15H,3-4,7-12H2,1-2H3/t15-/m0/s1. The van der Waals surface area contributed by atoms with Gasteiger partial charge in [-0.25, -0.2) is 0 Å². The SMILES string of the molecule is Cc1ccc(N(C)C2CCN(C(=O)C[C@@H]3CCCO3)CC2)nn1.